The first kappa shape index (κ1) is 21.7. The minimum atomic E-state index is -0.809. The van der Waals surface area contributed by atoms with Crippen molar-refractivity contribution in [1.29, 1.82) is 0 Å². The number of anilines is 2. The van der Waals surface area contributed by atoms with E-state index in [2.05, 4.69) is 14.1 Å². The van der Waals surface area contributed by atoms with Crippen molar-refractivity contribution >= 4 is 69.4 Å². The number of carbonyl (C=O) groups excluding carboxylic acids is 4. The lowest BCUT2D eigenvalue weighted by molar-refractivity contribution is -0.119. The maximum Gasteiger partial charge on any atom is 0.338 e. The van der Waals surface area contributed by atoms with Crippen LogP contribution in [0.3, 0.4) is 0 Å². The molecule has 4 aromatic rings. The van der Waals surface area contributed by atoms with Crippen LogP contribution in [0.1, 0.15) is 31.1 Å². The molecule has 3 amide bonds. The average Bonchev–Trinajstić information content (AvgIpc) is 3.42. The van der Waals surface area contributed by atoms with Gasteiger partial charge in [0.2, 0.25) is 0 Å². The summed E-state index contributed by atoms with van der Waals surface area (Å²) in [6.07, 6.45) is 0. The van der Waals surface area contributed by atoms with E-state index in [0.717, 1.165) is 16.6 Å². The highest BCUT2D eigenvalue weighted by Crippen LogP contribution is 2.30. The van der Waals surface area contributed by atoms with Crippen LogP contribution in [0.2, 0.25) is 5.02 Å². The van der Waals surface area contributed by atoms with Gasteiger partial charge in [-0.05, 0) is 54.6 Å². The third-order valence-electron chi connectivity index (χ3n) is 5.10. The molecular weight excluding hydrogens is 480 g/mol. The average molecular weight is 493 g/mol. The van der Waals surface area contributed by atoms with Gasteiger partial charge in [-0.25, -0.2) is 9.69 Å². The van der Waals surface area contributed by atoms with Gasteiger partial charge in [0.25, 0.3) is 17.7 Å². The zero-order valence-electron chi connectivity index (χ0n) is 17.1. The summed E-state index contributed by atoms with van der Waals surface area (Å²) in [6, 6.07) is 15.4. The van der Waals surface area contributed by atoms with Gasteiger partial charge >= 0.3 is 5.97 Å². The van der Waals surface area contributed by atoms with Crippen LogP contribution >= 0.6 is 23.3 Å². The molecule has 1 aliphatic rings. The molecule has 34 heavy (non-hydrogen) atoms. The highest BCUT2D eigenvalue weighted by Gasteiger charge is 2.37. The summed E-state index contributed by atoms with van der Waals surface area (Å²) in [5, 5.41) is 3.10. The molecule has 2 heterocycles. The second-order valence-corrected chi connectivity index (χ2v) is 8.21. The van der Waals surface area contributed by atoms with E-state index in [4.69, 9.17) is 16.3 Å². The maximum absolute atomic E-state index is 12.9. The molecule has 11 heteroatoms. The molecule has 0 saturated carbocycles. The van der Waals surface area contributed by atoms with Crippen LogP contribution < -0.4 is 10.2 Å². The molecule has 1 aliphatic heterocycles. The lowest BCUT2D eigenvalue weighted by Crippen LogP contribution is -2.29. The normalized spacial score (nSPS) is 12.7. The third kappa shape index (κ3) is 3.89. The van der Waals surface area contributed by atoms with E-state index in [9.17, 15) is 19.2 Å². The van der Waals surface area contributed by atoms with Crippen molar-refractivity contribution in [1.82, 2.24) is 8.75 Å². The van der Waals surface area contributed by atoms with E-state index in [1.54, 1.807) is 42.5 Å². The number of carbonyl (C=O) groups is 4. The Hall–Kier alpha value is -4.15. The van der Waals surface area contributed by atoms with Gasteiger partial charge < -0.3 is 10.1 Å². The topological polar surface area (TPSA) is 119 Å². The first-order valence-electron chi connectivity index (χ1n) is 9.89. The van der Waals surface area contributed by atoms with Crippen LogP contribution in [-0.4, -0.2) is 39.0 Å². The van der Waals surface area contributed by atoms with Gasteiger partial charge in [-0.3, -0.25) is 14.4 Å². The zero-order chi connectivity index (χ0) is 23.8. The number of aromatic nitrogens is 2. The first-order chi connectivity index (χ1) is 16.4. The van der Waals surface area contributed by atoms with Gasteiger partial charge in [-0.2, -0.15) is 8.75 Å². The Balaban J connectivity index is 1.28. The quantitative estimate of drug-likeness (QED) is 0.331. The molecule has 1 N–H and O–H groups in total. The number of ether oxygens (including phenoxy) is 1. The van der Waals surface area contributed by atoms with E-state index in [1.807, 2.05) is 0 Å². The summed E-state index contributed by atoms with van der Waals surface area (Å²) >= 11 is 6.90. The van der Waals surface area contributed by atoms with Gasteiger partial charge in [-0.1, -0.05) is 17.7 Å². The van der Waals surface area contributed by atoms with Gasteiger partial charge in [0, 0.05) is 5.02 Å². The number of amides is 3. The lowest BCUT2D eigenvalue weighted by Gasteiger charge is -2.13. The number of hydrogen-bond acceptors (Lipinski definition) is 8. The first-order valence-corrected chi connectivity index (χ1v) is 11.0. The monoisotopic (exact) mass is 492 g/mol. The number of halogens is 1. The van der Waals surface area contributed by atoms with Crippen LogP contribution in [0.25, 0.3) is 11.0 Å². The molecule has 1 aromatic heterocycles. The molecule has 0 saturated heterocycles. The summed E-state index contributed by atoms with van der Waals surface area (Å²) in [4.78, 5) is 51.4. The Morgan fingerprint density at radius 1 is 0.971 bits per heavy atom. The predicted molar refractivity (Wildman–Crippen MR) is 125 cm³/mol. The zero-order valence-corrected chi connectivity index (χ0v) is 18.7. The molecular formula is C23H13ClN4O5S. The molecule has 0 unspecified atom stereocenters. The van der Waals surface area contributed by atoms with Gasteiger partial charge in [0.1, 0.15) is 11.0 Å². The summed E-state index contributed by atoms with van der Waals surface area (Å²) in [5.41, 5.74) is 2.28. The number of imide groups is 1. The van der Waals surface area contributed by atoms with E-state index < -0.39 is 30.3 Å². The molecule has 168 valence electrons. The van der Waals surface area contributed by atoms with Crippen LogP contribution in [-0.2, 0) is 9.53 Å². The molecule has 0 atom stereocenters. The largest absolute Gasteiger partial charge is 0.452 e. The number of rotatable bonds is 5. The molecule has 9 nitrogen and oxygen atoms in total. The van der Waals surface area contributed by atoms with Gasteiger partial charge in [-0.15, -0.1) is 0 Å². The number of nitrogens with one attached hydrogen (secondary N) is 1. The minimum Gasteiger partial charge on any atom is -0.452 e. The van der Waals surface area contributed by atoms with E-state index in [1.165, 1.54) is 18.2 Å². The minimum absolute atomic E-state index is 0.0384. The number of hydrogen-bond donors (Lipinski definition) is 1. The lowest BCUT2D eigenvalue weighted by atomic mass is 10.1. The van der Waals surface area contributed by atoms with E-state index >= 15 is 0 Å². The maximum atomic E-state index is 12.9. The van der Waals surface area contributed by atoms with Crippen molar-refractivity contribution in [3.63, 3.8) is 0 Å². The number of benzene rings is 3. The summed E-state index contributed by atoms with van der Waals surface area (Å²) in [7, 11) is 0. The van der Waals surface area contributed by atoms with Gasteiger partial charge in [0.05, 0.1) is 39.8 Å². The highest BCUT2D eigenvalue weighted by molar-refractivity contribution is 7.00. The Bertz CT molecular complexity index is 1480. The molecule has 0 bridgehead atoms. The Labute approximate surface area is 201 Å². The van der Waals surface area contributed by atoms with E-state index in [0.29, 0.717) is 27.4 Å². The van der Waals surface area contributed by atoms with Crippen LogP contribution in [0.5, 0.6) is 0 Å². The number of nitrogens with zero attached hydrogens (tertiary/aromatic N) is 3. The molecule has 0 fully saturated rings. The Morgan fingerprint density at radius 2 is 1.74 bits per heavy atom. The fourth-order valence-electron chi connectivity index (χ4n) is 3.50. The van der Waals surface area contributed by atoms with Crippen LogP contribution in [0.4, 0.5) is 11.4 Å². The SMILES string of the molecule is O=C(COC(=O)c1ccc2c(c1)C(=O)N(c1ccc(Cl)cc1)C2=O)Nc1cccc2nsnc12. The van der Waals surface area contributed by atoms with Crippen molar-refractivity contribution in [3.05, 3.63) is 82.4 Å². The standard InChI is InChI=1S/C23H13ClN4O5S/c24-13-5-7-14(8-6-13)28-21(30)15-9-4-12(10-16(15)22(28)31)23(32)33-11-19(29)25-17-2-1-3-18-20(17)27-34-26-18/h1-10H,11H2,(H,25,29). The second-order valence-electron chi connectivity index (χ2n) is 7.24. The fourth-order valence-corrected chi connectivity index (χ4v) is 4.18. The molecule has 0 spiro atoms. The smallest absolute Gasteiger partial charge is 0.338 e. The van der Waals surface area contributed by atoms with Crippen molar-refractivity contribution in [2.45, 2.75) is 0 Å². The summed E-state index contributed by atoms with van der Waals surface area (Å²) in [6.45, 7) is -0.548. The molecule has 3 aromatic carbocycles. The molecule has 0 radical (unpaired) electrons. The summed E-state index contributed by atoms with van der Waals surface area (Å²) < 4.78 is 13.3. The van der Waals surface area contributed by atoms with Crippen molar-refractivity contribution < 1.29 is 23.9 Å². The molecule has 0 aliphatic carbocycles. The fraction of sp³-hybridized carbons (Fsp3) is 0.0435. The third-order valence-corrected chi connectivity index (χ3v) is 5.90. The number of fused-ring (bicyclic) bond motifs is 2. The van der Waals surface area contributed by atoms with Gasteiger partial charge in [0.15, 0.2) is 6.61 Å². The summed E-state index contributed by atoms with van der Waals surface area (Å²) in [5.74, 6) is -2.45. The number of esters is 1. The van der Waals surface area contributed by atoms with Crippen LogP contribution in [0, 0.1) is 0 Å². The van der Waals surface area contributed by atoms with E-state index in [-0.39, 0.29) is 16.7 Å². The second kappa shape index (κ2) is 8.65. The Kier molecular flexibility index (Phi) is 5.52. The highest BCUT2D eigenvalue weighted by atomic mass is 35.5. The molecule has 5 rings (SSSR count). The Morgan fingerprint density at radius 3 is 2.53 bits per heavy atom. The van der Waals surface area contributed by atoms with Crippen molar-refractivity contribution in [2.75, 3.05) is 16.8 Å². The van der Waals surface area contributed by atoms with Crippen LogP contribution in [0.15, 0.2) is 60.7 Å². The van der Waals surface area contributed by atoms with Crippen molar-refractivity contribution in [3.8, 4) is 0 Å². The van der Waals surface area contributed by atoms with Crippen molar-refractivity contribution in [2.24, 2.45) is 0 Å². The predicted octanol–water partition coefficient (Wildman–Crippen LogP) is 3.94.